The average Bonchev–Trinajstić information content (AvgIpc) is 2.99. The predicted molar refractivity (Wildman–Crippen MR) is 71.5 cm³/mol. The largest absolute Gasteiger partial charge is 0.308 e. The zero-order valence-corrected chi connectivity index (χ0v) is 11.2. The lowest BCUT2D eigenvalue weighted by Gasteiger charge is -2.27. The molecule has 1 saturated heterocycles. The fraction of sp³-hybridized carbons (Fsp3) is 0.692. The Hall–Kier alpha value is -1.36. The van der Waals surface area contributed by atoms with Crippen LogP contribution >= 0.6 is 0 Å². The highest BCUT2D eigenvalue weighted by molar-refractivity contribution is 5.97. The highest BCUT2D eigenvalue weighted by Crippen LogP contribution is 2.26. The van der Waals surface area contributed by atoms with Crippen LogP contribution in [0.25, 0.3) is 0 Å². The number of carbonyl (C=O) groups excluding carboxylic acids is 1. The summed E-state index contributed by atoms with van der Waals surface area (Å²) in [6.07, 6.45) is 4.75. The van der Waals surface area contributed by atoms with E-state index < -0.39 is 0 Å². The van der Waals surface area contributed by atoms with E-state index in [0.717, 1.165) is 44.3 Å². The number of hydrogen-bond acceptors (Lipinski definition) is 3. The van der Waals surface area contributed by atoms with Gasteiger partial charge in [0.2, 0.25) is 5.91 Å². The van der Waals surface area contributed by atoms with E-state index in [1.54, 1.807) is 0 Å². The van der Waals surface area contributed by atoms with Crippen molar-refractivity contribution in [1.29, 1.82) is 0 Å². The number of nitrogens with zero attached hydrogens (tertiary/aromatic N) is 1. The van der Waals surface area contributed by atoms with E-state index in [9.17, 15) is 4.79 Å². The van der Waals surface area contributed by atoms with Crippen molar-refractivity contribution >= 4 is 11.7 Å². The Labute approximate surface area is 108 Å². The van der Waals surface area contributed by atoms with E-state index in [2.05, 4.69) is 34.7 Å². The van der Waals surface area contributed by atoms with Crippen molar-refractivity contribution < 1.29 is 4.79 Å². The molecule has 0 radical (unpaired) electrons. The molecule has 1 aliphatic rings. The Kier molecular flexibility index (Phi) is 4.01. The molecular weight excluding hydrogens is 228 g/mol. The first-order valence-electron chi connectivity index (χ1n) is 6.81. The number of carbonyl (C=O) groups is 1. The van der Waals surface area contributed by atoms with Gasteiger partial charge in [-0.25, -0.2) is 0 Å². The molecule has 1 atom stereocenters. The topological polar surface area (TPSA) is 69.8 Å². The van der Waals surface area contributed by atoms with Gasteiger partial charge in [-0.05, 0) is 32.2 Å². The molecule has 3 N–H and O–H groups in total. The molecule has 0 aliphatic carbocycles. The zero-order chi connectivity index (χ0) is 13.0. The van der Waals surface area contributed by atoms with E-state index in [4.69, 9.17) is 0 Å². The van der Waals surface area contributed by atoms with E-state index in [1.807, 2.05) is 6.07 Å². The molecule has 5 heteroatoms. The van der Waals surface area contributed by atoms with Crippen LogP contribution in [-0.2, 0) is 11.2 Å². The van der Waals surface area contributed by atoms with Gasteiger partial charge in [0.25, 0.3) is 0 Å². The monoisotopic (exact) mass is 250 g/mol. The van der Waals surface area contributed by atoms with Crippen molar-refractivity contribution in [3.8, 4) is 0 Å². The number of hydrogen-bond donors (Lipinski definition) is 3. The minimum atomic E-state index is -0.389. The van der Waals surface area contributed by atoms with Gasteiger partial charge in [0.15, 0.2) is 5.82 Å². The summed E-state index contributed by atoms with van der Waals surface area (Å²) in [7, 11) is 0. The summed E-state index contributed by atoms with van der Waals surface area (Å²) >= 11 is 0. The zero-order valence-electron chi connectivity index (χ0n) is 11.2. The van der Waals surface area contributed by atoms with Crippen LogP contribution in [0.4, 0.5) is 5.82 Å². The Morgan fingerprint density at radius 2 is 2.39 bits per heavy atom. The molecule has 1 aliphatic heterocycles. The maximum Gasteiger partial charge on any atom is 0.245 e. The van der Waals surface area contributed by atoms with Gasteiger partial charge in [-0.2, -0.15) is 5.10 Å². The van der Waals surface area contributed by atoms with Crippen LogP contribution in [0.1, 0.15) is 45.2 Å². The molecule has 0 aromatic carbocycles. The molecule has 1 fully saturated rings. The minimum Gasteiger partial charge on any atom is -0.308 e. The summed E-state index contributed by atoms with van der Waals surface area (Å²) in [5.74, 6) is 0.678. The summed E-state index contributed by atoms with van der Waals surface area (Å²) < 4.78 is 0. The number of aryl methyl sites for hydroxylation is 1. The lowest BCUT2D eigenvalue weighted by atomic mass is 9.91. The van der Waals surface area contributed by atoms with E-state index >= 15 is 0 Å². The number of anilines is 1. The Balaban J connectivity index is 2.05. The Morgan fingerprint density at radius 3 is 2.94 bits per heavy atom. The fourth-order valence-corrected chi connectivity index (χ4v) is 2.60. The summed E-state index contributed by atoms with van der Waals surface area (Å²) in [4.78, 5) is 12.4. The van der Waals surface area contributed by atoms with Gasteiger partial charge >= 0.3 is 0 Å². The van der Waals surface area contributed by atoms with Gasteiger partial charge in [0, 0.05) is 11.8 Å². The maximum atomic E-state index is 12.4. The normalized spacial score (nSPS) is 23.2. The average molecular weight is 250 g/mol. The number of nitrogens with one attached hydrogen (secondary N) is 3. The Morgan fingerprint density at radius 1 is 1.56 bits per heavy atom. The van der Waals surface area contributed by atoms with Gasteiger partial charge in [0.1, 0.15) is 0 Å². The molecule has 100 valence electrons. The van der Waals surface area contributed by atoms with Crippen LogP contribution < -0.4 is 10.6 Å². The lowest BCUT2D eigenvalue weighted by molar-refractivity contribution is -0.122. The molecule has 0 spiro atoms. The SMILES string of the molecule is CCCC1(C(=O)Nc2cc(CC)[nH]n2)CCCN1. The molecular formula is C13H22N4O. The third kappa shape index (κ3) is 2.56. The number of H-pyrrole nitrogens is 1. The summed E-state index contributed by atoms with van der Waals surface area (Å²) in [5, 5.41) is 13.3. The standard InChI is InChI=1S/C13H22N4O/c1-3-6-13(7-5-8-14-13)12(18)15-11-9-10(4-2)16-17-11/h9,14H,3-8H2,1-2H3,(H2,15,16,17,18). The number of amides is 1. The first-order valence-corrected chi connectivity index (χ1v) is 6.81. The van der Waals surface area contributed by atoms with Crippen LogP contribution in [0.2, 0.25) is 0 Å². The highest BCUT2D eigenvalue weighted by Gasteiger charge is 2.40. The van der Waals surface area contributed by atoms with Crippen molar-refractivity contribution in [1.82, 2.24) is 15.5 Å². The maximum absolute atomic E-state index is 12.4. The molecule has 1 aromatic heterocycles. The summed E-state index contributed by atoms with van der Waals surface area (Å²) in [6.45, 7) is 5.09. The molecule has 0 bridgehead atoms. The first-order chi connectivity index (χ1) is 8.70. The van der Waals surface area contributed by atoms with Crippen molar-refractivity contribution in [2.45, 2.75) is 51.5 Å². The van der Waals surface area contributed by atoms with Crippen LogP contribution in [0.3, 0.4) is 0 Å². The summed E-state index contributed by atoms with van der Waals surface area (Å²) in [6, 6.07) is 1.90. The lowest BCUT2D eigenvalue weighted by Crippen LogP contribution is -2.50. The smallest absolute Gasteiger partial charge is 0.245 e. The first kappa shape index (κ1) is 13.1. The van der Waals surface area contributed by atoms with Crippen molar-refractivity contribution in [2.75, 3.05) is 11.9 Å². The van der Waals surface area contributed by atoms with E-state index in [1.165, 1.54) is 0 Å². The molecule has 18 heavy (non-hydrogen) atoms. The second kappa shape index (κ2) is 5.52. The molecule has 0 saturated carbocycles. The minimum absolute atomic E-state index is 0.0519. The van der Waals surface area contributed by atoms with E-state index in [0.29, 0.717) is 5.82 Å². The Bertz CT molecular complexity index is 407. The number of aromatic nitrogens is 2. The molecule has 1 unspecified atom stereocenters. The molecule has 2 rings (SSSR count). The van der Waals surface area contributed by atoms with Gasteiger partial charge < -0.3 is 10.6 Å². The highest BCUT2D eigenvalue weighted by atomic mass is 16.2. The molecule has 2 heterocycles. The molecule has 5 nitrogen and oxygen atoms in total. The number of aromatic amines is 1. The second-order valence-electron chi connectivity index (χ2n) is 4.95. The fourth-order valence-electron chi connectivity index (χ4n) is 2.60. The van der Waals surface area contributed by atoms with Crippen LogP contribution in [0.5, 0.6) is 0 Å². The van der Waals surface area contributed by atoms with Gasteiger partial charge in [-0.3, -0.25) is 9.89 Å². The molecule has 1 aromatic rings. The number of rotatable bonds is 5. The van der Waals surface area contributed by atoms with E-state index in [-0.39, 0.29) is 11.4 Å². The van der Waals surface area contributed by atoms with Gasteiger partial charge in [-0.15, -0.1) is 0 Å². The van der Waals surface area contributed by atoms with Crippen molar-refractivity contribution in [2.24, 2.45) is 0 Å². The third-order valence-corrected chi connectivity index (χ3v) is 3.61. The van der Waals surface area contributed by atoms with Crippen LogP contribution in [-0.4, -0.2) is 28.2 Å². The van der Waals surface area contributed by atoms with Crippen molar-refractivity contribution in [3.63, 3.8) is 0 Å². The summed E-state index contributed by atoms with van der Waals surface area (Å²) in [5.41, 5.74) is 0.648. The predicted octanol–water partition coefficient (Wildman–Crippen LogP) is 1.83. The second-order valence-corrected chi connectivity index (χ2v) is 4.95. The van der Waals surface area contributed by atoms with Crippen LogP contribution in [0.15, 0.2) is 6.07 Å². The third-order valence-electron chi connectivity index (χ3n) is 3.61. The van der Waals surface area contributed by atoms with Crippen LogP contribution in [0, 0.1) is 0 Å². The van der Waals surface area contributed by atoms with Crippen molar-refractivity contribution in [3.05, 3.63) is 11.8 Å². The molecule has 1 amide bonds. The quantitative estimate of drug-likeness (QED) is 0.746. The van der Waals surface area contributed by atoms with Gasteiger partial charge in [0.05, 0.1) is 5.54 Å². The van der Waals surface area contributed by atoms with Gasteiger partial charge in [-0.1, -0.05) is 20.3 Å².